The van der Waals surface area contributed by atoms with Crippen LogP contribution in [0.5, 0.6) is 0 Å². The highest BCUT2D eigenvalue weighted by atomic mass is 35.5. The quantitative estimate of drug-likeness (QED) is 0.449. The van der Waals surface area contributed by atoms with Gasteiger partial charge in [0.15, 0.2) is 0 Å². The zero-order chi connectivity index (χ0) is 27.2. The Bertz CT molecular complexity index is 1230. The summed E-state index contributed by atoms with van der Waals surface area (Å²) in [5.74, 6) is -0.245. The summed E-state index contributed by atoms with van der Waals surface area (Å²) in [6, 6.07) is 6.90. The maximum atomic E-state index is 13.8. The average molecular weight is 591 g/mol. The zero-order valence-electron chi connectivity index (χ0n) is 22.9. The van der Waals surface area contributed by atoms with E-state index in [0.29, 0.717) is 38.5 Å². The number of nitrogens with two attached hydrogens (primary N) is 1. The molecule has 1 heterocycles. The van der Waals surface area contributed by atoms with Crippen LogP contribution in [-0.4, -0.2) is 83.1 Å². The van der Waals surface area contributed by atoms with Crippen LogP contribution in [0.2, 0.25) is 0 Å². The van der Waals surface area contributed by atoms with Gasteiger partial charge in [-0.15, -0.1) is 12.4 Å². The Labute approximate surface area is 234 Å². The van der Waals surface area contributed by atoms with Crippen LogP contribution in [0.3, 0.4) is 0 Å². The highest BCUT2D eigenvalue weighted by molar-refractivity contribution is 7.90. The van der Waals surface area contributed by atoms with Crippen LogP contribution in [0, 0.1) is 23.7 Å². The lowest BCUT2D eigenvalue weighted by molar-refractivity contribution is -0.124. The fourth-order valence-electron chi connectivity index (χ4n) is 6.92. The number of piperazine rings is 1. The van der Waals surface area contributed by atoms with Gasteiger partial charge in [-0.2, -0.15) is 4.31 Å². The fraction of sp³-hybridized carbons (Fsp3) is 0.731. The first-order valence-corrected chi connectivity index (χ1v) is 16.9. The molecule has 1 aliphatic heterocycles. The van der Waals surface area contributed by atoms with Gasteiger partial charge in [-0.3, -0.25) is 4.79 Å². The summed E-state index contributed by atoms with van der Waals surface area (Å²) in [5.41, 5.74) is 7.50. The molecule has 4 rings (SSSR count). The highest BCUT2D eigenvalue weighted by Gasteiger charge is 2.66. The number of sulfone groups is 1. The lowest BCUT2D eigenvalue weighted by atomic mass is 9.69. The Balaban J connectivity index is 0.00000400. The molecule has 0 radical (unpaired) electrons. The number of fused-ring (bicyclic) bond motifs is 2. The van der Waals surface area contributed by atoms with Crippen LogP contribution in [0.4, 0.5) is 5.69 Å². The third-order valence-electron chi connectivity index (χ3n) is 9.41. The van der Waals surface area contributed by atoms with Crippen molar-refractivity contribution in [3.8, 4) is 0 Å². The molecule has 0 aromatic heterocycles. The van der Waals surface area contributed by atoms with Gasteiger partial charge in [0, 0.05) is 49.6 Å². The largest absolute Gasteiger partial charge is 0.369 e. The number of carbonyl (C=O) groups excluding carboxylic acids is 1. The lowest BCUT2D eigenvalue weighted by Gasteiger charge is -2.44. The molecule has 0 spiro atoms. The molecule has 3 N–H and O–H groups in total. The monoisotopic (exact) mass is 590 g/mol. The number of halogens is 1. The summed E-state index contributed by atoms with van der Waals surface area (Å²) in [6.07, 6.45) is 3.55. The van der Waals surface area contributed by atoms with Gasteiger partial charge in [0.05, 0.1) is 17.5 Å². The summed E-state index contributed by atoms with van der Waals surface area (Å²) in [4.78, 5) is 15.2. The fourth-order valence-corrected chi connectivity index (χ4v) is 9.87. The predicted molar refractivity (Wildman–Crippen MR) is 154 cm³/mol. The van der Waals surface area contributed by atoms with E-state index in [0.717, 1.165) is 24.8 Å². The maximum Gasteiger partial charge on any atom is 0.237 e. The Morgan fingerprint density at radius 1 is 1.13 bits per heavy atom. The number of sulfonamides is 1. The van der Waals surface area contributed by atoms with E-state index in [-0.39, 0.29) is 41.8 Å². The summed E-state index contributed by atoms with van der Waals surface area (Å²) in [5, 5.41) is 3.05. The predicted octanol–water partition coefficient (Wildman–Crippen LogP) is 1.94. The number of nitrogens with zero attached hydrogens (tertiary/aromatic N) is 2. The standard InChI is InChI=1S/C26H42N4O5S2.ClH/c1-19-7-5-6-8-22(19)29-12-14-30(15-13-29)37(34,35)18-26-11-9-20(25(26,2)3)17-23(26)28-24(31)21(27)10-16-36(4,32)33;/h5-8,20-21,23H,9-18,27H2,1-4H3,(H,28,31);1H. The van der Waals surface area contributed by atoms with Gasteiger partial charge in [-0.1, -0.05) is 32.0 Å². The van der Waals surface area contributed by atoms with Crippen LogP contribution >= 0.6 is 12.4 Å². The van der Waals surface area contributed by atoms with E-state index in [1.54, 1.807) is 4.31 Å². The number of hydrogen-bond acceptors (Lipinski definition) is 7. The SMILES string of the molecule is Cc1ccccc1N1CCN(S(=O)(=O)CC23CCC(CC2NC(=O)C(N)CCS(C)(=O)=O)C3(C)C)CC1.Cl. The van der Waals surface area contributed by atoms with Crippen molar-refractivity contribution < 1.29 is 21.6 Å². The maximum absolute atomic E-state index is 13.8. The van der Waals surface area contributed by atoms with Crippen LogP contribution < -0.4 is 16.0 Å². The van der Waals surface area contributed by atoms with Crippen molar-refractivity contribution in [3.05, 3.63) is 29.8 Å². The topological polar surface area (TPSA) is 130 Å². The minimum Gasteiger partial charge on any atom is -0.369 e. The van der Waals surface area contributed by atoms with Gasteiger partial charge in [-0.05, 0) is 55.6 Å². The van der Waals surface area contributed by atoms with Crippen molar-refractivity contribution in [2.45, 2.75) is 58.5 Å². The van der Waals surface area contributed by atoms with Crippen molar-refractivity contribution in [2.24, 2.45) is 22.5 Å². The second-order valence-corrected chi connectivity index (χ2v) is 16.1. The zero-order valence-corrected chi connectivity index (χ0v) is 25.3. The van der Waals surface area contributed by atoms with E-state index in [2.05, 4.69) is 43.1 Å². The molecule has 9 nitrogen and oxygen atoms in total. The first kappa shape index (κ1) is 31.1. The van der Waals surface area contributed by atoms with Crippen molar-refractivity contribution in [1.29, 1.82) is 0 Å². The number of amides is 1. The van der Waals surface area contributed by atoms with Gasteiger partial charge in [0.1, 0.15) is 9.84 Å². The molecule has 38 heavy (non-hydrogen) atoms. The first-order chi connectivity index (χ1) is 17.2. The third kappa shape index (κ3) is 6.01. The highest BCUT2D eigenvalue weighted by Crippen LogP contribution is 2.66. The second kappa shape index (κ2) is 11.2. The number of rotatable bonds is 9. The van der Waals surface area contributed by atoms with Crippen LogP contribution in [0.15, 0.2) is 24.3 Å². The molecule has 2 aliphatic carbocycles. The molecular formula is C26H43ClN4O5S2. The number of anilines is 1. The van der Waals surface area contributed by atoms with Crippen LogP contribution in [0.25, 0.3) is 0 Å². The summed E-state index contributed by atoms with van der Waals surface area (Å²) in [7, 11) is -6.80. The first-order valence-electron chi connectivity index (χ1n) is 13.2. The minimum atomic E-state index is -3.57. The lowest BCUT2D eigenvalue weighted by Crippen LogP contribution is -2.57. The number of hydrogen-bond donors (Lipinski definition) is 2. The average Bonchev–Trinajstić information content (AvgIpc) is 3.17. The molecule has 4 unspecified atom stereocenters. The van der Waals surface area contributed by atoms with Crippen LogP contribution in [0.1, 0.15) is 45.1 Å². The Hall–Kier alpha value is -1.40. The molecule has 2 saturated carbocycles. The summed E-state index contributed by atoms with van der Waals surface area (Å²) >= 11 is 0. The van der Waals surface area contributed by atoms with E-state index < -0.39 is 37.2 Å². The number of benzene rings is 1. The molecule has 4 atom stereocenters. The molecule has 12 heteroatoms. The Morgan fingerprint density at radius 3 is 2.34 bits per heavy atom. The number of carbonyl (C=O) groups is 1. The molecule has 2 bridgehead atoms. The van der Waals surface area contributed by atoms with Gasteiger partial charge in [0.25, 0.3) is 0 Å². The molecule has 216 valence electrons. The second-order valence-electron chi connectivity index (χ2n) is 11.9. The van der Waals surface area contributed by atoms with Crippen LogP contribution in [-0.2, 0) is 24.7 Å². The molecule has 3 aliphatic rings. The Morgan fingerprint density at radius 2 is 1.76 bits per heavy atom. The van der Waals surface area contributed by atoms with Crippen molar-refractivity contribution >= 4 is 43.9 Å². The van der Waals surface area contributed by atoms with E-state index in [1.807, 2.05) is 12.1 Å². The van der Waals surface area contributed by atoms with Crippen molar-refractivity contribution in [2.75, 3.05) is 48.8 Å². The molecule has 1 saturated heterocycles. The Kier molecular flexibility index (Phi) is 9.20. The molecule has 1 aromatic rings. The smallest absolute Gasteiger partial charge is 0.237 e. The van der Waals surface area contributed by atoms with E-state index in [4.69, 9.17) is 5.73 Å². The molecule has 1 aromatic carbocycles. The minimum absolute atomic E-state index is 0. The molecule has 1 amide bonds. The third-order valence-corrected chi connectivity index (χ3v) is 12.4. The van der Waals surface area contributed by atoms with E-state index >= 15 is 0 Å². The van der Waals surface area contributed by atoms with Crippen molar-refractivity contribution in [3.63, 3.8) is 0 Å². The molecule has 3 fully saturated rings. The number of aryl methyl sites for hydroxylation is 1. The van der Waals surface area contributed by atoms with Gasteiger partial charge < -0.3 is 16.0 Å². The number of para-hydroxylation sites is 1. The van der Waals surface area contributed by atoms with Gasteiger partial charge in [-0.25, -0.2) is 16.8 Å². The van der Waals surface area contributed by atoms with Gasteiger partial charge in [0.2, 0.25) is 15.9 Å². The van der Waals surface area contributed by atoms with E-state index in [9.17, 15) is 21.6 Å². The van der Waals surface area contributed by atoms with Crippen molar-refractivity contribution in [1.82, 2.24) is 9.62 Å². The summed E-state index contributed by atoms with van der Waals surface area (Å²) in [6.45, 7) is 8.47. The number of nitrogens with one attached hydrogen (secondary N) is 1. The van der Waals surface area contributed by atoms with Gasteiger partial charge >= 0.3 is 0 Å². The van der Waals surface area contributed by atoms with E-state index in [1.165, 1.54) is 5.56 Å². The normalized spacial score (nSPS) is 28.1. The molecular weight excluding hydrogens is 548 g/mol. The summed E-state index contributed by atoms with van der Waals surface area (Å²) < 4.78 is 52.2.